The Morgan fingerprint density at radius 3 is 2.60 bits per heavy atom. The van der Waals surface area contributed by atoms with E-state index >= 15 is 0 Å². The van der Waals surface area contributed by atoms with Crippen LogP contribution >= 0.6 is 0 Å². The topological polar surface area (TPSA) is 35.2 Å². The smallest absolute Gasteiger partial charge is 0.406 e. The standard InChI is InChI=1S/C15H20F3NO/c1-10-6-7-14(19,11(2)8-10)12-4-3-5-13(9-12)20-15(16,17)18/h3-5,9-11H,6-8,19H2,1-2H3. The lowest BCUT2D eigenvalue weighted by molar-refractivity contribution is -0.274. The summed E-state index contributed by atoms with van der Waals surface area (Å²) in [6.07, 6.45) is -1.91. The Bertz CT molecular complexity index is 474. The highest BCUT2D eigenvalue weighted by Gasteiger charge is 2.39. The van der Waals surface area contributed by atoms with Gasteiger partial charge < -0.3 is 10.5 Å². The molecule has 2 N–H and O–H groups in total. The number of hydrogen-bond acceptors (Lipinski definition) is 2. The first-order chi connectivity index (χ1) is 9.21. The van der Waals surface area contributed by atoms with E-state index in [0.717, 1.165) is 24.8 Å². The molecule has 2 rings (SSSR count). The molecule has 0 aliphatic heterocycles. The van der Waals surface area contributed by atoms with Gasteiger partial charge >= 0.3 is 6.36 Å². The number of nitrogens with two attached hydrogens (primary N) is 1. The van der Waals surface area contributed by atoms with Crippen molar-refractivity contribution in [2.45, 2.75) is 45.0 Å². The zero-order valence-corrected chi connectivity index (χ0v) is 11.7. The van der Waals surface area contributed by atoms with Gasteiger partial charge in [-0.1, -0.05) is 26.0 Å². The summed E-state index contributed by atoms with van der Waals surface area (Å²) < 4.78 is 40.8. The van der Waals surface area contributed by atoms with Crippen LogP contribution in [-0.2, 0) is 5.54 Å². The Labute approximate surface area is 117 Å². The van der Waals surface area contributed by atoms with Gasteiger partial charge in [-0.05, 0) is 48.8 Å². The molecule has 1 aliphatic carbocycles. The van der Waals surface area contributed by atoms with Crippen molar-refractivity contribution >= 4 is 0 Å². The van der Waals surface area contributed by atoms with E-state index < -0.39 is 11.9 Å². The van der Waals surface area contributed by atoms with E-state index in [1.165, 1.54) is 12.1 Å². The molecule has 1 saturated carbocycles. The van der Waals surface area contributed by atoms with Crippen LogP contribution in [0.1, 0.15) is 38.7 Å². The minimum atomic E-state index is -4.67. The normalized spacial score (nSPS) is 31.1. The fourth-order valence-corrected chi connectivity index (χ4v) is 3.07. The van der Waals surface area contributed by atoms with Gasteiger partial charge in [0.15, 0.2) is 0 Å². The molecule has 0 amide bonds. The minimum absolute atomic E-state index is 0.203. The van der Waals surface area contributed by atoms with Crippen molar-refractivity contribution in [3.05, 3.63) is 29.8 Å². The van der Waals surface area contributed by atoms with E-state index in [1.807, 2.05) is 0 Å². The molecule has 3 unspecified atom stereocenters. The molecule has 0 heterocycles. The minimum Gasteiger partial charge on any atom is -0.406 e. The lowest BCUT2D eigenvalue weighted by Crippen LogP contribution is -2.46. The maximum absolute atomic E-state index is 12.3. The number of rotatable bonds is 2. The number of ether oxygens (including phenoxy) is 1. The molecule has 1 aromatic rings. The van der Waals surface area contributed by atoms with Crippen LogP contribution in [-0.4, -0.2) is 6.36 Å². The van der Waals surface area contributed by atoms with Gasteiger partial charge in [-0.2, -0.15) is 0 Å². The molecule has 1 aliphatic rings. The largest absolute Gasteiger partial charge is 0.573 e. The molecule has 0 aromatic heterocycles. The second-order valence-corrected chi connectivity index (χ2v) is 5.90. The van der Waals surface area contributed by atoms with E-state index in [2.05, 4.69) is 18.6 Å². The van der Waals surface area contributed by atoms with Gasteiger partial charge in [0.05, 0.1) is 0 Å². The van der Waals surface area contributed by atoms with Crippen LogP contribution in [0.4, 0.5) is 13.2 Å². The zero-order valence-electron chi connectivity index (χ0n) is 11.7. The first-order valence-corrected chi connectivity index (χ1v) is 6.86. The summed E-state index contributed by atoms with van der Waals surface area (Å²) in [6.45, 7) is 4.24. The molecule has 1 aromatic carbocycles. The Morgan fingerprint density at radius 1 is 1.30 bits per heavy atom. The van der Waals surface area contributed by atoms with Crippen LogP contribution in [0.2, 0.25) is 0 Å². The van der Waals surface area contributed by atoms with E-state index in [4.69, 9.17) is 5.73 Å². The second-order valence-electron chi connectivity index (χ2n) is 5.90. The van der Waals surface area contributed by atoms with Crippen LogP contribution in [0.3, 0.4) is 0 Å². The fraction of sp³-hybridized carbons (Fsp3) is 0.600. The van der Waals surface area contributed by atoms with E-state index in [1.54, 1.807) is 12.1 Å². The molecule has 1 fully saturated rings. The summed E-state index contributed by atoms with van der Waals surface area (Å²) in [4.78, 5) is 0. The van der Waals surface area contributed by atoms with Crippen molar-refractivity contribution in [3.63, 3.8) is 0 Å². The first-order valence-electron chi connectivity index (χ1n) is 6.86. The van der Waals surface area contributed by atoms with Crippen LogP contribution < -0.4 is 10.5 Å². The number of halogens is 3. The van der Waals surface area contributed by atoms with Crippen molar-refractivity contribution in [1.82, 2.24) is 0 Å². The highest BCUT2D eigenvalue weighted by molar-refractivity contribution is 5.34. The van der Waals surface area contributed by atoms with Crippen molar-refractivity contribution in [1.29, 1.82) is 0 Å². The highest BCUT2D eigenvalue weighted by Crippen LogP contribution is 2.42. The van der Waals surface area contributed by atoms with Crippen LogP contribution in [0.25, 0.3) is 0 Å². The third-order valence-electron chi connectivity index (χ3n) is 4.29. The Hall–Kier alpha value is -1.23. The van der Waals surface area contributed by atoms with Crippen molar-refractivity contribution < 1.29 is 17.9 Å². The third-order valence-corrected chi connectivity index (χ3v) is 4.29. The molecule has 20 heavy (non-hydrogen) atoms. The molecule has 5 heteroatoms. The van der Waals surface area contributed by atoms with Crippen molar-refractivity contribution in [2.75, 3.05) is 0 Å². The summed E-state index contributed by atoms with van der Waals surface area (Å²) in [5.74, 6) is 0.634. The summed E-state index contributed by atoms with van der Waals surface area (Å²) >= 11 is 0. The number of benzene rings is 1. The summed E-state index contributed by atoms with van der Waals surface area (Å²) in [5, 5.41) is 0. The average Bonchev–Trinajstić information content (AvgIpc) is 2.32. The Morgan fingerprint density at radius 2 is 2.00 bits per heavy atom. The Kier molecular flexibility index (Phi) is 4.00. The maximum Gasteiger partial charge on any atom is 0.573 e. The highest BCUT2D eigenvalue weighted by atomic mass is 19.4. The summed E-state index contributed by atoms with van der Waals surface area (Å²) in [5.41, 5.74) is 6.63. The quantitative estimate of drug-likeness (QED) is 0.885. The molecule has 0 bridgehead atoms. The van der Waals surface area contributed by atoms with E-state index in [-0.39, 0.29) is 11.7 Å². The molecule has 0 spiro atoms. The van der Waals surface area contributed by atoms with Crippen molar-refractivity contribution in [2.24, 2.45) is 17.6 Å². The molecule has 112 valence electrons. The van der Waals surface area contributed by atoms with Gasteiger partial charge in [-0.25, -0.2) is 0 Å². The lowest BCUT2D eigenvalue weighted by atomic mass is 9.67. The summed E-state index contributed by atoms with van der Waals surface area (Å²) in [7, 11) is 0. The molecular weight excluding hydrogens is 267 g/mol. The Balaban J connectivity index is 2.26. The predicted molar refractivity (Wildman–Crippen MR) is 71.2 cm³/mol. The molecule has 2 nitrogen and oxygen atoms in total. The molecule has 0 radical (unpaired) electrons. The molecule has 3 atom stereocenters. The van der Waals surface area contributed by atoms with Crippen LogP contribution in [0, 0.1) is 11.8 Å². The summed E-state index contributed by atoms with van der Waals surface area (Å²) in [6, 6.07) is 6.07. The zero-order chi connectivity index (χ0) is 15.0. The van der Waals surface area contributed by atoms with Gasteiger partial charge in [-0.15, -0.1) is 13.2 Å². The third kappa shape index (κ3) is 3.26. The number of alkyl halides is 3. The first kappa shape index (κ1) is 15.2. The second kappa shape index (κ2) is 5.28. The van der Waals surface area contributed by atoms with Crippen LogP contribution in [0.5, 0.6) is 5.75 Å². The van der Waals surface area contributed by atoms with Gasteiger partial charge in [0.25, 0.3) is 0 Å². The van der Waals surface area contributed by atoms with Crippen molar-refractivity contribution in [3.8, 4) is 5.75 Å². The van der Waals surface area contributed by atoms with Gasteiger partial charge in [0, 0.05) is 5.54 Å². The molecule has 0 saturated heterocycles. The SMILES string of the molecule is CC1CCC(N)(c2cccc(OC(F)(F)F)c2)C(C)C1. The van der Waals surface area contributed by atoms with E-state index in [0.29, 0.717) is 5.92 Å². The fourth-order valence-electron chi connectivity index (χ4n) is 3.07. The van der Waals surface area contributed by atoms with E-state index in [9.17, 15) is 13.2 Å². The van der Waals surface area contributed by atoms with Crippen LogP contribution in [0.15, 0.2) is 24.3 Å². The predicted octanol–water partition coefficient (Wildman–Crippen LogP) is 4.20. The van der Waals surface area contributed by atoms with Gasteiger partial charge in [0.2, 0.25) is 0 Å². The lowest BCUT2D eigenvalue weighted by Gasteiger charge is -2.42. The monoisotopic (exact) mass is 287 g/mol. The molecular formula is C15H20F3NO. The average molecular weight is 287 g/mol. The van der Waals surface area contributed by atoms with Gasteiger partial charge in [0.1, 0.15) is 5.75 Å². The maximum atomic E-state index is 12.3. The number of hydrogen-bond donors (Lipinski definition) is 1. The van der Waals surface area contributed by atoms with Gasteiger partial charge in [-0.3, -0.25) is 0 Å².